The summed E-state index contributed by atoms with van der Waals surface area (Å²) in [5.74, 6) is 0. The first-order valence-electron chi connectivity index (χ1n) is 3.30. The van der Waals surface area contributed by atoms with Crippen LogP contribution in [-0.2, 0) is 0 Å². The lowest BCUT2D eigenvalue weighted by Gasteiger charge is -2.08. The van der Waals surface area contributed by atoms with E-state index in [1.54, 1.807) is 24.3 Å². The van der Waals surface area contributed by atoms with Crippen LogP contribution in [0.25, 0.3) is 0 Å². The Bertz CT molecular complexity index is 243. The highest BCUT2D eigenvalue weighted by atomic mass is 16.3. The van der Waals surface area contributed by atoms with Crippen LogP contribution in [0.4, 0.5) is 0 Å². The predicted molar refractivity (Wildman–Crippen MR) is 43.6 cm³/mol. The molecule has 0 saturated carbocycles. The van der Waals surface area contributed by atoms with Gasteiger partial charge in [0.1, 0.15) is 6.10 Å². The Morgan fingerprint density at radius 1 is 1.55 bits per heavy atom. The number of hydrogen-bond donors (Lipinski definition) is 2. The van der Waals surface area contributed by atoms with Crippen LogP contribution in [0.15, 0.2) is 36.5 Å². The summed E-state index contributed by atoms with van der Waals surface area (Å²) in [6, 6.07) is 9.80. The van der Waals surface area contributed by atoms with Gasteiger partial charge in [0.15, 0.2) is 0 Å². The molecule has 0 fully saturated rings. The first-order chi connectivity index (χ1) is 5.22. The van der Waals surface area contributed by atoms with Crippen LogP contribution in [0.5, 0.6) is 0 Å². The summed E-state index contributed by atoms with van der Waals surface area (Å²) in [5, 5.41) is 9.36. The van der Waals surface area contributed by atoms with Gasteiger partial charge in [0.05, 0.1) is 0 Å². The Balaban J connectivity index is 2.85. The number of aliphatic hydroxyl groups excluding tert-OH is 1. The molecule has 1 aromatic rings. The molecule has 1 aromatic carbocycles. The van der Waals surface area contributed by atoms with Crippen molar-refractivity contribution in [1.29, 1.82) is 0 Å². The maximum absolute atomic E-state index is 9.36. The summed E-state index contributed by atoms with van der Waals surface area (Å²) in [4.78, 5) is 0. The van der Waals surface area contributed by atoms with Crippen molar-refractivity contribution in [2.75, 3.05) is 0 Å². The Hall–Kier alpha value is -1.28. The molecule has 0 bridgehead atoms. The van der Waals surface area contributed by atoms with Crippen LogP contribution in [-0.4, -0.2) is 5.11 Å². The molecule has 0 spiro atoms. The van der Waals surface area contributed by atoms with Gasteiger partial charge >= 0.3 is 0 Å². The second kappa shape index (κ2) is 3.21. The van der Waals surface area contributed by atoms with Crippen molar-refractivity contribution in [2.24, 2.45) is 5.73 Å². The molecule has 1 atom stereocenters. The molecule has 0 amide bonds. The molecule has 0 aliphatic heterocycles. The minimum absolute atomic E-state index is 0.260. The average molecular weight is 148 g/mol. The van der Waals surface area contributed by atoms with Gasteiger partial charge in [-0.25, -0.2) is 0 Å². The van der Waals surface area contributed by atoms with Crippen molar-refractivity contribution in [1.82, 2.24) is 0 Å². The summed E-state index contributed by atoms with van der Waals surface area (Å²) in [5.41, 5.74) is 6.32. The number of aliphatic hydroxyl groups is 1. The van der Waals surface area contributed by atoms with Crippen LogP contribution in [0.3, 0.4) is 0 Å². The second-order valence-corrected chi connectivity index (χ2v) is 2.31. The molecule has 2 heteroatoms. The SMILES string of the molecule is C=C(N)C(O)c1cc[c]cc1. The van der Waals surface area contributed by atoms with Gasteiger partial charge in [-0.2, -0.15) is 0 Å². The zero-order valence-electron chi connectivity index (χ0n) is 6.12. The monoisotopic (exact) mass is 148 g/mol. The van der Waals surface area contributed by atoms with E-state index in [0.29, 0.717) is 0 Å². The first-order valence-corrected chi connectivity index (χ1v) is 3.30. The van der Waals surface area contributed by atoms with Crippen LogP contribution >= 0.6 is 0 Å². The minimum atomic E-state index is -0.760. The normalized spacial score (nSPS) is 12.5. The highest BCUT2D eigenvalue weighted by molar-refractivity contribution is 5.22. The highest BCUT2D eigenvalue weighted by Crippen LogP contribution is 2.15. The van der Waals surface area contributed by atoms with E-state index in [4.69, 9.17) is 5.73 Å². The topological polar surface area (TPSA) is 46.2 Å². The van der Waals surface area contributed by atoms with E-state index < -0.39 is 6.10 Å². The molecule has 0 aromatic heterocycles. The Kier molecular flexibility index (Phi) is 2.28. The van der Waals surface area contributed by atoms with E-state index in [9.17, 15) is 5.11 Å². The molecule has 0 heterocycles. The number of nitrogens with two attached hydrogens (primary N) is 1. The van der Waals surface area contributed by atoms with E-state index in [0.717, 1.165) is 5.56 Å². The molecule has 1 radical (unpaired) electrons. The fourth-order valence-electron chi connectivity index (χ4n) is 0.796. The molecular weight excluding hydrogens is 138 g/mol. The van der Waals surface area contributed by atoms with E-state index in [1.165, 1.54) is 0 Å². The van der Waals surface area contributed by atoms with Crippen LogP contribution in [0.2, 0.25) is 0 Å². The third-order valence-corrected chi connectivity index (χ3v) is 1.41. The first kappa shape index (κ1) is 7.82. The maximum atomic E-state index is 9.36. The standard InChI is InChI=1S/C9H10NO/c1-7(10)9(11)8-5-3-2-4-6-8/h3-6,9,11H,1,10H2. The van der Waals surface area contributed by atoms with E-state index >= 15 is 0 Å². The summed E-state index contributed by atoms with van der Waals surface area (Å²) < 4.78 is 0. The number of rotatable bonds is 2. The van der Waals surface area contributed by atoms with Gasteiger partial charge in [0.25, 0.3) is 0 Å². The van der Waals surface area contributed by atoms with Crippen molar-refractivity contribution in [3.63, 3.8) is 0 Å². The Morgan fingerprint density at radius 3 is 2.55 bits per heavy atom. The molecule has 0 aliphatic carbocycles. The summed E-state index contributed by atoms with van der Waals surface area (Å²) in [7, 11) is 0. The van der Waals surface area contributed by atoms with Gasteiger partial charge < -0.3 is 10.8 Å². The third-order valence-electron chi connectivity index (χ3n) is 1.41. The Labute approximate surface area is 66.0 Å². The second-order valence-electron chi connectivity index (χ2n) is 2.31. The maximum Gasteiger partial charge on any atom is 0.118 e. The summed E-state index contributed by atoms with van der Waals surface area (Å²) in [6.45, 7) is 3.45. The van der Waals surface area contributed by atoms with E-state index in [2.05, 4.69) is 12.6 Å². The lowest BCUT2D eigenvalue weighted by Crippen LogP contribution is -2.07. The molecule has 0 aliphatic rings. The molecule has 3 N–H and O–H groups in total. The van der Waals surface area contributed by atoms with Crippen molar-refractivity contribution < 1.29 is 5.11 Å². The largest absolute Gasteiger partial charge is 0.400 e. The third kappa shape index (κ3) is 1.82. The fourth-order valence-corrected chi connectivity index (χ4v) is 0.796. The molecular formula is C9H10NO. The predicted octanol–water partition coefficient (Wildman–Crippen LogP) is 0.993. The van der Waals surface area contributed by atoms with Gasteiger partial charge in [0.2, 0.25) is 0 Å². The van der Waals surface area contributed by atoms with E-state index in [1.807, 2.05) is 0 Å². The van der Waals surface area contributed by atoms with Crippen LogP contribution in [0, 0.1) is 6.07 Å². The molecule has 1 rings (SSSR count). The zero-order chi connectivity index (χ0) is 8.27. The van der Waals surface area contributed by atoms with Gasteiger partial charge in [-0.1, -0.05) is 30.8 Å². The molecule has 2 nitrogen and oxygen atoms in total. The smallest absolute Gasteiger partial charge is 0.118 e. The number of hydrogen-bond acceptors (Lipinski definition) is 2. The molecule has 57 valence electrons. The van der Waals surface area contributed by atoms with Gasteiger partial charge in [0, 0.05) is 5.70 Å². The quantitative estimate of drug-likeness (QED) is 0.657. The lowest BCUT2D eigenvalue weighted by molar-refractivity contribution is 0.214. The molecule has 11 heavy (non-hydrogen) atoms. The average Bonchev–Trinajstić information content (AvgIpc) is 2.05. The minimum Gasteiger partial charge on any atom is -0.400 e. The fraction of sp³-hybridized carbons (Fsp3) is 0.111. The summed E-state index contributed by atoms with van der Waals surface area (Å²) in [6.07, 6.45) is -0.760. The number of benzene rings is 1. The zero-order valence-corrected chi connectivity index (χ0v) is 6.12. The van der Waals surface area contributed by atoms with Gasteiger partial charge in [-0.3, -0.25) is 0 Å². The Morgan fingerprint density at radius 2 is 2.09 bits per heavy atom. The molecule has 0 saturated heterocycles. The summed E-state index contributed by atoms with van der Waals surface area (Å²) >= 11 is 0. The van der Waals surface area contributed by atoms with Crippen LogP contribution in [0.1, 0.15) is 11.7 Å². The highest BCUT2D eigenvalue weighted by Gasteiger charge is 2.06. The van der Waals surface area contributed by atoms with Crippen molar-refractivity contribution in [2.45, 2.75) is 6.10 Å². The van der Waals surface area contributed by atoms with Gasteiger partial charge in [-0.15, -0.1) is 0 Å². The van der Waals surface area contributed by atoms with Crippen molar-refractivity contribution in [3.8, 4) is 0 Å². The lowest BCUT2D eigenvalue weighted by atomic mass is 10.1. The van der Waals surface area contributed by atoms with Crippen LogP contribution < -0.4 is 5.73 Å². The van der Waals surface area contributed by atoms with Crippen molar-refractivity contribution in [3.05, 3.63) is 48.2 Å². The van der Waals surface area contributed by atoms with Gasteiger partial charge in [-0.05, 0) is 11.6 Å². The van der Waals surface area contributed by atoms with Crippen molar-refractivity contribution >= 4 is 0 Å². The van der Waals surface area contributed by atoms with E-state index in [-0.39, 0.29) is 5.70 Å². The molecule has 1 unspecified atom stereocenters.